The molecule has 0 spiro atoms. The first-order chi connectivity index (χ1) is 9.24. The van der Waals surface area contributed by atoms with Gasteiger partial charge in [-0.2, -0.15) is 0 Å². The van der Waals surface area contributed by atoms with Gasteiger partial charge in [0, 0.05) is 29.1 Å². The third kappa shape index (κ3) is 2.49. The Bertz CT molecular complexity index is 590. The average Bonchev–Trinajstić information content (AvgIpc) is 2.88. The van der Waals surface area contributed by atoms with Crippen LogP contribution in [0.3, 0.4) is 0 Å². The fraction of sp³-hybridized carbons (Fsp3) is 0.400. The molecule has 2 heterocycles. The van der Waals surface area contributed by atoms with Gasteiger partial charge in [0.2, 0.25) is 5.91 Å². The molecule has 2 aromatic rings. The Labute approximate surface area is 112 Å². The topological polar surface area (TPSA) is 56.9 Å². The lowest BCUT2D eigenvalue weighted by atomic mass is 9.92. The zero-order valence-electron chi connectivity index (χ0n) is 11.1. The smallest absolute Gasteiger partial charge is 0.227 e. The number of carbonyl (C=O) groups is 1. The van der Waals surface area contributed by atoms with E-state index in [4.69, 9.17) is 0 Å². The molecule has 0 aliphatic carbocycles. The number of piperidine rings is 1. The number of hydrogen-bond donors (Lipinski definition) is 3. The van der Waals surface area contributed by atoms with Crippen LogP contribution in [0.4, 0.5) is 5.69 Å². The normalized spacial score (nSPS) is 23.4. The second kappa shape index (κ2) is 5.05. The van der Waals surface area contributed by atoms with Crippen molar-refractivity contribution in [3.05, 3.63) is 30.5 Å². The fourth-order valence-corrected chi connectivity index (χ4v) is 2.80. The second-order valence-corrected chi connectivity index (χ2v) is 5.31. The lowest BCUT2D eigenvalue weighted by molar-refractivity contribution is -0.120. The molecular weight excluding hydrogens is 238 g/mol. The number of rotatable bonds is 2. The first kappa shape index (κ1) is 12.2. The maximum atomic E-state index is 12.3. The molecule has 0 bridgehead atoms. The number of nitrogens with one attached hydrogen (secondary N) is 3. The van der Waals surface area contributed by atoms with Crippen molar-refractivity contribution >= 4 is 22.5 Å². The summed E-state index contributed by atoms with van der Waals surface area (Å²) in [5.74, 6) is 0.257. The van der Waals surface area contributed by atoms with Crippen LogP contribution in [0, 0.1) is 5.92 Å². The van der Waals surface area contributed by atoms with Gasteiger partial charge in [-0.3, -0.25) is 4.79 Å². The summed E-state index contributed by atoms with van der Waals surface area (Å²) in [4.78, 5) is 15.5. The van der Waals surface area contributed by atoms with E-state index in [1.54, 1.807) is 0 Å². The van der Waals surface area contributed by atoms with Crippen LogP contribution in [-0.4, -0.2) is 23.5 Å². The quantitative estimate of drug-likeness (QED) is 0.774. The van der Waals surface area contributed by atoms with Crippen LogP contribution < -0.4 is 10.6 Å². The standard InChI is InChI=1S/C15H19N3O/c1-10-9-11(5-7-16-10)15(19)18-14-4-2-3-13-12(14)6-8-17-13/h2-4,6,8,10-11,16-17H,5,7,9H2,1H3,(H,18,19)/t10-,11-/m0/s1. The summed E-state index contributed by atoms with van der Waals surface area (Å²) >= 11 is 0. The Morgan fingerprint density at radius 3 is 3.11 bits per heavy atom. The molecule has 2 atom stereocenters. The summed E-state index contributed by atoms with van der Waals surface area (Å²) in [6.07, 6.45) is 3.72. The van der Waals surface area contributed by atoms with E-state index in [0.29, 0.717) is 6.04 Å². The lowest BCUT2D eigenvalue weighted by Crippen LogP contribution is -2.40. The first-order valence-electron chi connectivity index (χ1n) is 6.84. The van der Waals surface area contributed by atoms with Crippen molar-refractivity contribution in [2.45, 2.75) is 25.8 Å². The fourth-order valence-electron chi connectivity index (χ4n) is 2.80. The van der Waals surface area contributed by atoms with E-state index in [0.717, 1.165) is 36.0 Å². The number of anilines is 1. The molecule has 1 amide bonds. The molecule has 3 N–H and O–H groups in total. The molecule has 0 radical (unpaired) electrons. The highest BCUT2D eigenvalue weighted by atomic mass is 16.1. The van der Waals surface area contributed by atoms with Crippen molar-refractivity contribution in [1.82, 2.24) is 10.3 Å². The summed E-state index contributed by atoms with van der Waals surface area (Å²) in [7, 11) is 0. The third-order valence-corrected chi connectivity index (χ3v) is 3.85. The van der Waals surface area contributed by atoms with Crippen LogP contribution in [0.5, 0.6) is 0 Å². The van der Waals surface area contributed by atoms with Gasteiger partial charge in [-0.25, -0.2) is 0 Å². The summed E-state index contributed by atoms with van der Waals surface area (Å²) in [5, 5.41) is 7.51. The third-order valence-electron chi connectivity index (χ3n) is 3.85. The van der Waals surface area contributed by atoms with Crippen molar-refractivity contribution < 1.29 is 4.79 Å². The molecule has 4 nitrogen and oxygen atoms in total. The molecule has 100 valence electrons. The van der Waals surface area contributed by atoms with Gasteiger partial charge in [0.15, 0.2) is 0 Å². The molecule has 1 saturated heterocycles. The molecule has 1 aromatic heterocycles. The highest BCUT2D eigenvalue weighted by Gasteiger charge is 2.24. The van der Waals surface area contributed by atoms with Crippen LogP contribution >= 0.6 is 0 Å². The number of benzene rings is 1. The molecule has 1 aliphatic rings. The molecule has 4 heteroatoms. The Balaban J connectivity index is 1.77. The average molecular weight is 257 g/mol. The van der Waals surface area contributed by atoms with Crippen molar-refractivity contribution in [3.8, 4) is 0 Å². The number of aromatic nitrogens is 1. The number of amides is 1. The van der Waals surface area contributed by atoms with Gasteiger partial charge in [-0.05, 0) is 44.5 Å². The highest BCUT2D eigenvalue weighted by molar-refractivity contribution is 6.02. The summed E-state index contributed by atoms with van der Waals surface area (Å²) < 4.78 is 0. The van der Waals surface area contributed by atoms with Gasteiger partial charge >= 0.3 is 0 Å². The maximum absolute atomic E-state index is 12.3. The van der Waals surface area contributed by atoms with Crippen LogP contribution in [0.2, 0.25) is 0 Å². The molecule has 1 fully saturated rings. The lowest BCUT2D eigenvalue weighted by Gasteiger charge is -2.27. The van der Waals surface area contributed by atoms with Crippen molar-refractivity contribution in [1.29, 1.82) is 0 Å². The van der Waals surface area contributed by atoms with E-state index in [1.807, 2.05) is 30.5 Å². The van der Waals surface area contributed by atoms with Gasteiger partial charge in [0.1, 0.15) is 0 Å². The Morgan fingerprint density at radius 1 is 1.37 bits per heavy atom. The minimum atomic E-state index is 0.116. The maximum Gasteiger partial charge on any atom is 0.227 e. The van der Waals surface area contributed by atoms with Crippen molar-refractivity contribution in [2.24, 2.45) is 5.92 Å². The second-order valence-electron chi connectivity index (χ2n) is 5.31. The Hall–Kier alpha value is -1.81. The van der Waals surface area contributed by atoms with E-state index >= 15 is 0 Å². The summed E-state index contributed by atoms with van der Waals surface area (Å²) in [5.41, 5.74) is 1.95. The number of hydrogen-bond acceptors (Lipinski definition) is 2. The van der Waals surface area contributed by atoms with Gasteiger partial charge in [-0.1, -0.05) is 6.07 Å². The molecule has 0 saturated carbocycles. The molecule has 1 aliphatic heterocycles. The van der Waals surface area contributed by atoms with E-state index in [2.05, 4.69) is 22.5 Å². The molecule has 19 heavy (non-hydrogen) atoms. The largest absolute Gasteiger partial charge is 0.361 e. The summed E-state index contributed by atoms with van der Waals surface area (Å²) in [6.45, 7) is 3.06. The molecule has 0 unspecified atom stereocenters. The summed E-state index contributed by atoms with van der Waals surface area (Å²) in [6, 6.07) is 8.35. The first-order valence-corrected chi connectivity index (χ1v) is 6.84. The predicted molar refractivity (Wildman–Crippen MR) is 77.1 cm³/mol. The van der Waals surface area contributed by atoms with Gasteiger partial charge in [0.05, 0.1) is 5.69 Å². The van der Waals surface area contributed by atoms with E-state index in [-0.39, 0.29) is 11.8 Å². The van der Waals surface area contributed by atoms with E-state index in [1.165, 1.54) is 0 Å². The van der Waals surface area contributed by atoms with Crippen LogP contribution in [-0.2, 0) is 4.79 Å². The Morgan fingerprint density at radius 2 is 2.26 bits per heavy atom. The zero-order chi connectivity index (χ0) is 13.2. The Kier molecular flexibility index (Phi) is 3.25. The highest BCUT2D eigenvalue weighted by Crippen LogP contribution is 2.24. The van der Waals surface area contributed by atoms with Crippen molar-refractivity contribution in [2.75, 3.05) is 11.9 Å². The minimum absolute atomic E-state index is 0.116. The number of fused-ring (bicyclic) bond motifs is 1. The van der Waals surface area contributed by atoms with Crippen LogP contribution in [0.15, 0.2) is 30.5 Å². The minimum Gasteiger partial charge on any atom is -0.361 e. The van der Waals surface area contributed by atoms with E-state index < -0.39 is 0 Å². The van der Waals surface area contributed by atoms with Crippen LogP contribution in [0.1, 0.15) is 19.8 Å². The van der Waals surface area contributed by atoms with Gasteiger partial charge in [0.25, 0.3) is 0 Å². The number of aromatic amines is 1. The molecule has 1 aromatic carbocycles. The monoisotopic (exact) mass is 257 g/mol. The molecule has 3 rings (SSSR count). The van der Waals surface area contributed by atoms with Gasteiger partial charge in [-0.15, -0.1) is 0 Å². The predicted octanol–water partition coefficient (Wildman–Crippen LogP) is 2.49. The number of carbonyl (C=O) groups excluding carboxylic acids is 1. The van der Waals surface area contributed by atoms with Crippen LogP contribution in [0.25, 0.3) is 10.9 Å². The zero-order valence-corrected chi connectivity index (χ0v) is 11.1. The van der Waals surface area contributed by atoms with Gasteiger partial charge < -0.3 is 15.6 Å². The number of H-pyrrole nitrogens is 1. The SMILES string of the molecule is C[C@H]1C[C@@H](C(=O)Nc2cccc3[nH]ccc23)CCN1. The molecular formula is C15H19N3O. The van der Waals surface area contributed by atoms with Crippen molar-refractivity contribution in [3.63, 3.8) is 0 Å². The van der Waals surface area contributed by atoms with E-state index in [9.17, 15) is 4.79 Å².